The van der Waals surface area contributed by atoms with Crippen molar-refractivity contribution in [1.82, 2.24) is 9.47 Å². The summed E-state index contributed by atoms with van der Waals surface area (Å²) in [5.41, 5.74) is 2.33. The Labute approximate surface area is 156 Å². The number of nitrogens with one attached hydrogen (secondary N) is 1. The van der Waals surface area contributed by atoms with E-state index in [2.05, 4.69) is 5.32 Å². The van der Waals surface area contributed by atoms with Gasteiger partial charge in [0.2, 0.25) is 5.91 Å². The first-order valence-corrected chi connectivity index (χ1v) is 8.65. The molecule has 0 aliphatic carbocycles. The second-order valence-corrected chi connectivity index (χ2v) is 6.42. The van der Waals surface area contributed by atoms with Crippen molar-refractivity contribution in [3.63, 3.8) is 0 Å². The van der Waals surface area contributed by atoms with Gasteiger partial charge in [-0.2, -0.15) is 0 Å². The number of nitrogens with zero attached hydrogens (tertiary/aromatic N) is 2. The number of hydrogen-bond donors (Lipinski definition) is 1. The Hall–Kier alpha value is -3.35. The molecule has 1 N–H and O–H groups in total. The number of rotatable bonds is 6. The van der Waals surface area contributed by atoms with E-state index in [0.29, 0.717) is 29.8 Å². The van der Waals surface area contributed by atoms with E-state index in [1.165, 1.54) is 9.47 Å². The molecule has 140 valence electrons. The fourth-order valence-corrected chi connectivity index (χ4v) is 2.84. The Morgan fingerprint density at radius 1 is 1.11 bits per heavy atom. The molecule has 0 radical (unpaired) electrons. The molecule has 3 aromatic rings. The molecule has 3 rings (SSSR count). The second kappa shape index (κ2) is 7.90. The van der Waals surface area contributed by atoms with Crippen LogP contribution in [0.5, 0.6) is 0 Å². The first-order valence-electron chi connectivity index (χ1n) is 8.65. The zero-order valence-corrected chi connectivity index (χ0v) is 15.3. The summed E-state index contributed by atoms with van der Waals surface area (Å²) < 4.78 is 6.70. The highest BCUT2D eigenvalue weighted by Crippen LogP contribution is 2.14. The quantitative estimate of drug-likeness (QED) is 0.726. The summed E-state index contributed by atoms with van der Waals surface area (Å²) in [5, 5.41) is 2.79. The van der Waals surface area contributed by atoms with Crippen LogP contribution in [0.2, 0.25) is 0 Å². The van der Waals surface area contributed by atoms with Crippen molar-refractivity contribution in [1.29, 1.82) is 0 Å². The Morgan fingerprint density at radius 2 is 1.89 bits per heavy atom. The number of anilines is 1. The van der Waals surface area contributed by atoms with Crippen molar-refractivity contribution in [2.24, 2.45) is 0 Å². The van der Waals surface area contributed by atoms with Crippen LogP contribution in [0.4, 0.5) is 5.69 Å². The molecule has 7 nitrogen and oxygen atoms in total. The lowest BCUT2D eigenvalue weighted by atomic mass is 10.1. The van der Waals surface area contributed by atoms with E-state index in [1.54, 1.807) is 50.5 Å². The minimum Gasteiger partial charge on any atom is -0.408 e. The van der Waals surface area contributed by atoms with Crippen molar-refractivity contribution in [2.75, 3.05) is 19.4 Å². The summed E-state index contributed by atoms with van der Waals surface area (Å²) in [7, 11) is 3.35. The molecule has 0 unspecified atom stereocenters. The number of aryl methyl sites for hydroxylation is 1. The molecule has 0 spiro atoms. The van der Waals surface area contributed by atoms with Crippen LogP contribution in [0.25, 0.3) is 11.1 Å². The maximum Gasteiger partial charge on any atom is 0.419 e. The highest BCUT2D eigenvalue weighted by molar-refractivity contribution is 5.96. The topological polar surface area (TPSA) is 84.5 Å². The average Bonchev–Trinajstić information content (AvgIpc) is 2.96. The summed E-state index contributed by atoms with van der Waals surface area (Å²) in [6.45, 7) is 0.391. The van der Waals surface area contributed by atoms with E-state index in [9.17, 15) is 14.4 Å². The van der Waals surface area contributed by atoms with Gasteiger partial charge >= 0.3 is 5.76 Å². The van der Waals surface area contributed by atoms with Gasteiger partial charge in [-0.05, 0) is 36.8 Å². The molecule has 0 fully saturated rings. The van der Waals surface area contributed by atoms with E-state index in [1.807, 2.05) is 12.1 Å². The normalized spacial score (nSPS) is 10.7. The summed E-state index contributed by atoms with van der Waals surface area (Å²) in [6, 6.07) is 14.0. The lowest BCUT2D eigenvalue weighted by molar-refractivity contribution is -0.116. The van der Waals surface area contributed by atoms with E-state index in [-0.39, 0.29) is 18.2 Å². The molecule has 0 bridgehead atoms. The first kappa shape index (κ1) is 18.4. The lowest BCUT2D eigenvalue weighted by Gasteiger charge is -2.11. The van der Waals surface area contributed by atoms with Gasteiger partial charge in [-0.15, -0.1) is 0 Å². The highest BCUT2D eigenvalue weighted by atomic mass is 16.4. The molecule has 2 aromatic carbocycles. The molecule has 2 amide bonds. The third-order valence-corrected chi connectivity index (χ3v) is 4.16. The van der Waals surface area contributed by atoms with E-state index < -0.39 is 5.76 Å². The fourth-order valence-electron chi connectivity index (χ4n) is 2.84. The summed E-state index contributed by atoms with van der Waals surface area (Å²) in [5.74, 6) is -0.728. The van der Waals surface area contributed by atoms with Gasteiger partial charge in [0.25, 0.3) is 5.91 Å². The minimum atomic E-state index is -0.425. The number of benzene rings is 2. The van der Waals surface area contributed by atoms with Crippen LogP contribution < -0.4 is 11.1 Å². The van der Waals surface area contributed by atoms with Crippen molar-refractivity contribution < 1.29 is 14.0 Å². The molecule has 1 heterocycles. The maximum absolute atomic E-state index is 12.2. The third-order valence-electron chi connectivity index (χ3n) is 4.16. The van der Waals surface area contributed by atoms with Crippen LogP contribution in [0.15, 0.2) is 57.7 Å². The minimum absolute atomic E-state index is 0.127. The standard InChI is InChI=1S/C20H21N3O4/c1-22(2)19(25)14-7-5-8-15(13-14)21-18(24)11-6-12-23-16-9-3-4-10-17(16)27-20(23)26/h3-5,7-10,13H,6,11-12H2,1-2H3,(H,21,24). The molecule has 0 saturated carbocycles. The van der Waals surface area contributed by atoms with Crippen molar-refractivity contribution in [2.45, 2.75) is 19.4 Å². The molecule has 0 aliphatic heterocycles. The predicted molar refractivity (Wildman–Crippen MR) is 103 cm³/mol. The number of hydrogen-bond acceptors (Lipinski definition) is 4. The largest absolute Gasteiger partial charge is 0.419 e. The van der Waals surface area contributed by atoms with Gasteiger partial charge in [-0.25, -0.2) is 4.79 Å². The third kappa shape index (κ3) is 4.25. The molecule has 0 atom stereocenters. The van der Waals surface area contributed by atoms with Crippen molar-refractivity contribution in [3.8, 4) is 0 Å². The Morgan fingerprint density at radius 3 is 2.67 bits per heavy atom. The highest BCUT2D eigenvalue weighted by Gasteiger charge is 2.11. The Balaban J connectivity index is 1.59. The fraction of sp³-hybridized carbons (Fsp3) is 0.250. The molecule has 0 saturated heterocycles. The van der Waals surface area contributed by atoms with Gasteiger partial charge in [0, 0.05) is 38.3 Å². The molecule has 7 heteroatoms. The molecular formula is C20H21N3O4. The van der Waals surface area contributed by atoms with Crippen LogP contribution >= 0.6 is 0 Å². The van der Waals surface area contributed by atoms with Crippen molar-refractivity contribution in [3.05, 3.63) is 64.6 Å². The van der Waals surface area contributed by atoms with E-state index in [0.717, 1.165) is 5.52 Å². The number of fused-ring (bicyclic) bond motifs is 1. The van der Waals surface area contributed by atoms with E-state index >= 15 is 0 Å². The van der Waals surface area contributed by atoms with Crippen LogP contribution in [-0.4, -0.2) is 35.4 Å². The molecule has 1 aromatic heterocycles. The zero-order valence-electron chi connectivity index (χ0n) is 15.3. The second-order valence-electron chi connectivity index (χ2n) is 6.42. The zero-order chi connectivity index (χ0) is 19.4. The van der Waals surface area contributed by atoms with Crippen LogP contribution in [-0.2, 0) is 11.3 Å². The lowest BCUT2D eigenvalue weighted by Crippen LogP contribution is -2.22. The number of aromatic nitrogens is 1. The van der Waals surface area contributed by atoms with Gasteiger partial charge < -0.3 is 14.6 Å². The maximum atomic E-state index is 12.2. The Kier molecular flexibility index (Phi) is 5.40. The monoisotopic (exact) mass is 367 g/mol. The molecule has 0 aliphatic rings. The van der Waals surface area contributed by atoms with E-state index in [4.69, 9.17) is 4.42 Å². The van der Waals surface area contributed by atoms with Gasteiger partial charge in [0.15, 0.2) is 5.58 Å². The number of carbonyl (C=O) groups excluding carboxylic acids is 2. The SMILES string of the molecule is CN(C)C(=O)c1cccc(NC(=O)CCCn2c(=O)oc3ccccc32)c1. The number of amides is 2. The predicted octanol–water partition coefficient (Wildman–Crippen LogP) is 2.72. The number of para-hydroxylation sites is 2. The van der Waals surface area contributed by atoms with Crippen LogP contribution in [0.3, 0.4) is 0 Å². The van der Waals surface area contributed by atoms with Gasteiger partial charge in [0.05, 0.1) is 5.52 Å². The van der Waals surface area contributed by atoms with Crippen LogP contribution in [0.1, 0.15) is 23.2 Å². The van der Waals surface area contributed by atoms with Crippen molar-refractivity contribution >= 4 is 28.6 Å². The summed E-state index contributed by atoms with van der Waals surface area (Å²) in [6.07, 6.45) is 0.739. The molecule has 27 heavy (non-hydrogen) atoms. The Bertz CT molecular complexity index is 1030. The summed E-state index contributed by atoms with van der Waals surface area (Å²) >= 11 is 0. The van der Waals surface area contributed by atoms with Crippen LogP contribution in [0, 0.1) is 0 Å². The van der Waals surface area contributed by atoms with Gasteiger partial charge in [0.1, 0.15) is 0 Å². The average molecular weight is 367 g/mol. The molecular weight excluding hydrogens is 346 g/mol. The smallest absolute Gasteiger partial charge is 0.408 e. The first-order chi connectivity index (χ1) is 13.0. The van der Waals surface area contributed by atoms with Gasteiger partial charge in [-0.3, -0.25) is 14.2 Å². The number of carbonyl (C=O) groups is 2. The number of oxazole rings is 1. The van der Waals surface area contributed by atoms with Gasteiger partial charge in [-0.1, -0.05) is 18.2 Å². The summed E-state index contributed by atoms with van der Waals surface area (Å²) in [4.78, 5) is 37.6.